The summed E-state index contributed by atoms with van der Waals surface area (Å²) in [5, 5.41) is 6.67. The van der Waals surface area contributed by atoms with Gasteiger partial charge >= 0.3 is 0 Å². The van der Waals surface area contributed by atoms with Crippen LogP contribution in [0.2, 0.25) is 0 Å². The average molecular weight is 410 g/mol. The van der Waals surface area contributed by atoms with E-state index < -0.39 is 0 Å². The van der Waals surface area contributed by atoms with Crippen molar-refractivity contribution in [2.45, 2.75) is 51.7 Å². The van der Waals surface area contributed by atoms with Crippen LogP contribution in [0.15, 0.2) is 4.99 Å². The van der Waals surface area contributed by atoms with Gasteiger partial charge in [-0.05, 0) is 32.7 Å². The van der Waals surface area contributed by atoms with Crippen LogP contribution in [0.25, 0.3) is 0 Å². The van der Waals surface area contributed by atoms with Gasteiger partial charge in [-0.15, -0.1) is 24.0 Å². The van der Waals surface area contributed by atoms with Gasteiger partial charge in [-0.2, -0.15) is 0 Å². The average Bonchev–Trinajstić information content (AvgIpc) is 2.92. The topological polar surface area (TPSA) is 48.9 Å². The molecule has 0 amide bonds. The molecule has 0 aromatic carbocycles. The summed E-state index contributed by atoms with van der Waals surface area (Å²) in [6, 6.07) is 0.672. The quantitative estimate of drug-likeness (QED) is 0.304. The SMILES string of the molecule is CCCCNC(=NCC1CN2CCCC2CO1)NCC.I. The van der Waals surface area contributed by atoms with Crippen LogP contribution in [0.5, 0.6) is 0 Å². The van der Waals surface area contributed by atoms with Gasteiger partial charge in [-0.25, -0.2) is 0 Å². The number of hydrogen-bond donors (Lipinski definition) is 2. The monoisotopic (exact) mass is 410 g/mol. The minimum Gasteiger partial charge on any atom is -0.373 e. The zero-order valence-electron chi connectivity index (χ0n) is 13.4. The van der Waals surface area contributed by atoms with Gasteiger partial charge in [0.05, 0.1) is 19.3 Å². The van der Waals surface area contributed by atoms with Crippen molar-refractivity contribution in [3.63, 3.8) is 0 Å². The molecule has 2 N–H and O–H groups in total. The molecule has 0 radical (unpaired) electrons. The molecule has 2 fully saturated rings. The molecule has 2 saturated heterocycles. The Labute approximate surface area is 146 Å². The second-order valence-electron chi connectivity index (χ2n) is 5.75. The second kappa shape index (κ2) is 10.6. The van der Waals surface area contributed by atoms with Crippen molar-refractivity contribution in [2.24, 2.45) is 4.99 Å². The molecule has 0 spiro atoms. The van der Waals surface area contributed by atoms with Gasteiger partial charge in [0.2, 0.25) is 0 Å². The fourth-order valence-corrected chi connectivity index (χ4v) is 2.91. The van der Waals surface area contributed by atoms with E-state index in [1.54, 1.807) is 0 Å². The number of unbranched alkanes of at least 4 members (excludes halogenated alkanes) is 1. The Bertz CT molecular complexity index is 314. The molecular formula is C15H31IN4O. The minimum absolute atomic E-state index is 0. The number of guanidine groups is 1. The lowest BCUT2D eigenvalue weighted by molar-refractivity contribution is -0.0432. The first-order valence-corrected chi connectivity index (χ1v) is 8.21. The van der Waals surface area contributed by atoms with Crippen molar-refractivity contribution in [1.82, 2.24) is 15.5 Å². The zero-order valence-corrected chi connectivity index (χ0v) is 15.8. The Kier molecular flexibility index (Phi) is 9.59. The summed E-state index contributed by atoms with van der Waals surface area (Å²) in [4.78, 5) is 7.24. The molecule has 0 aliphatic carbocycles. The standard InChI is InChI=1S/C15H30N4O.HI/c1-3-5-8-17-15(16-4-2)18-10-14-11-19-9-6-7-13(19)12-20-14;/h13-14H,3-12H2,1-2H3,(H2,16,17,18);1H. The van der Waals surface area contributed by atoms with Gasteiger partial charge in [0, 0.05) is 25.7 Å². The zero-order chi connectivity index (χ0) is 14.2. The van der Waals surface area contributed by atoms with Gasteiger partial charge in [-0.1, -0.05) is 13.3 Å². The maximum Gasteiger partial charge on any atom is 0.191 e. The van der Waals surface area contributed by atoms with E-state index in [1.165, 1.54) is 32.2 Å². The van der Waals surface area contributed by atoms with Crippen molar-refractivity contribution in [3.05, 3.63) is 0 Å². The lowest BCUT2D eigenvalue weighted by Gasteiger charge is -2.34. The molecule has 6 heteroatoms. The highest BCUT2D eigenvalue weighted by atomic mass is 127. The molecular weight excluding hydrogens is 379 g/mol. The Morgan fingerprint density at radius 1 is 1.33 bits per heavy atom. The Morgan fingerprint density at radius 2 is 2.19 bits per heavy atom. The lowest BCUT2D eigenvalue weighted by atomic mass is 10.2. The van der Waals surface area contributed by atoms with Crippen LogP contribution >= 0.6 is 24.0 Å². The molecule has 2 atom stereocenters. The summed E-state index contributed by atoms with van der Waals surface area (Å²) in [5.41, 5.74) is 0. The Morgan fingerprint density at radius 3 is 2.95 bits per heavy atom. The fourth-order valence-electron chi connectivity index (χ4n) is 2.91. The Balaban J connectivity index is 0.00000220. The molecule has 2 unspecified atom stereocenters. The molecule has 0 saturated carbocycles. The summed E-state index contributed by atoms with van der Waals surface area (Å²) in [6.07, 6.45) is 5.27. The van der Waals surface area contributed by atoms with Crippen molar-refractivity contribution in [3.8, 4) is 0 Å². The van der Waals surface area contributed by atoms with Gasteiger partial charge in [-0.3, -0.25) is 9.89 Å². The number of rotatable bonds is 6. The van der Waals surface area contributed by atoms with Crippen LogP contribution in [-0.2, 0) is 4.74 Å². The molecule has 2 aliphatic heterocycles. The second-order valence-corrected chi connectivity index (χ2v) is 5.75. The van der Waals surface area contributed by atoms with E-state index in [4.69, 9.17) is 4.74 Å². The van der Waals surface area contributed by atoms with Crippen molar-refractivity contribution in [2.75, 3.05) is 39.3 Å². The first kappa shape index (κ1) is 19.0. The van der Waals surface area contributed by atoms with Crippen LogP contribution in [0.1, 0.15) is 39.5 Å². The predicted molar refractivity (Wildman–Crippen MR) is 98.6 cm³/mol. The smallest absolute Gasteiger partial charge is 0.191 e. The van der Waals surface area contributed by atoms with Gasteiger partial charge < -0.3 is 15.4 Å². The largest absolute Gasteiger partial charge is 0.373 e. The molecule has 0 aromatic rings. The minimum atomic E-state index is 0. The number of fused-ring (bicyclic) bond motifs is 1. The van der Waals surface area contributed by atoms with E-state index in [-0.39, 0.29) is 30.1 Å². The van der Waals surface area contributed by atoms with Gasteiger partial charge in [0.15, 0.2) is 5.96 Å². The van der Waals surface area contributed by atoms with Crippen LogP contribution in [0.3, 0.4) is 0 Å². The fraction of sp³-hybridized carbons (Fsp3) is 0.933. The number of morpholine rings is 1. The highest BCUT2D eigenvalue weighted by Crippen LogP contribution is 2.22. The molecule has 21 heavy (non-hydrogen) atoms. The molecule has 2 aliphatic rings. The summed E-state index contributed by atoms with van der Waals surface area (Å²) < 4.78 is 5.94. The maximum atomic E-state index is 5.94. The first-order valence-electron chi connectivity index (χ1n) is 8.21. The van der Waals surface area contributed by atoms with E-state index in [1.807, 2.05) is 0 Å². The van der Waals surface area contributed by atoms with E-state index >= 15 is 0 Å². The highest BCUT2D eigenvalue weighted by Gasteiger charge is 2.31. The predicted octanol–water partition coefficient (Wildman–Crippen LogP) is 1.82. The van der Waals surface area contributed by atoms with Crippen molar-refractivity contribution >= 4 is 29.9 Å². The van der Waals surface area contributed by atoms with Gasteiger partial charge in [0.1, 0.15) is 0 Å². The number of nitrogens with zero attached hydrogens (tertiary/aromatic N) is 2. The van der Waals surface area contributed by atoms with Gasteiger partial charge in [0.25, 0.3) is 0 Å². The summed E-state index contributed by atoms with van der Waals surface area (Å²) >= 11 is 0. The molecule has 2 rings (SSSR count). The highest BCUT2D eigenvalue weighted by molar-refractivity contribution is 14.0. The van der Waals surface area contributed by atoms with Crippen molar-refractivity contribution in [1.29, 1.82) is 0 Å². The van der Waals surface area contributed by atoms with Crippen LogP contribution in [-0.4, -0.2) is 62.3 Å². The maximum absolute atomic E-state index is 5.94. The number of ether oxygens (including phenoxy) is 1. The molecule has 0 aromatic heterocycles. The molecule has 2 heterocycles. The number of nitrogens with one attached hydrogen (secondary N) is 2. The van der Waals surface area contributed by atoms with E-state index in [0.29, 0.717) is 6.04 Å². The number of halogens is 1. The summed E-state index contributed by atoms with van der Waals surface area (Å²) in [7, 11) is 0. The normalized spacial score (nSPS) is 26.1. The number of hydrogen-bond acceptors (Lipinski definition) is 3. The van der Waals surface area contributed by atoms with E-state index in [0.717, 1.165) is 38.7 Å². The molecule has 5 nitrogen and oxygen atoms in total. The Hall–Kier alpha value is -0.0800. The molecule has 124 valence electrons. The first-order chi connectivity index (χ1) is 9.83. The van der Waals surface area contributed by atoms with E-state index in [2.05, 4.69) is 34.4 Å². The van der Waals surface area contributed by atoms with Crippen LogP contribution in [0.4, 0.5) is 0 Å². The summed E-state index contributed by atoms with van der Waals surface area (Å²) in [5.74, 6) is 0.924. The third-order valence-electron chi connectivity index (χ3n) is 4.08. The van der Waals surface area contributed by atoms with Crippen LogP contribution in [0, 0.1) is 0 Å². The third-order valence-corrected chi connectivity index (χ3v) is 4.08. The lowest BCUT2D eigenvalue weighted by Crippen LogP contribution is -2.47. The van der Waals surface area contributed by atoms with Crippen molar-refractivity contribution < 1.29 is 4.74 Å². The van der Waals surface area contributed by atoms with Crippen LogP contribution < -0.4 is 10.6 Å². The molecule has 0 bridgehead atoms. The number of aliphatic imine (C=N–C) groups is 1. The summed E-state index contributed by atoms with van der Waals surface area (Å²) in [6.45, 7) is 10.1. The third kappa shape index (κ3) is 6.28. The van der Waals surface area contributed by atoms with E-state index in [9.17, 15) is 0 Å².